The normalized spacial score (nSPS) is 30.5. The van der Waals surface area contributed by atoms with E-state index in [1.54, 1.807) is 0 Å². The van der Waals surface area contributed by atoms with Gasteiger partial charge in [-0.1, -0.05) is 36.5 Å². The summed E-state index contributed by atoms with van der Waals surface area (Å²) in [7, 11) is 0. The second kappa shape index (κ2) is 4.73. The fourth-order valence-electron chi connectivity index (χ4n) is 1.14. The van der Waals surface area contributed by atoms with E-state index in [1.807, 2.05) is 30.4 Å². The van der Waals surface area contributed by atoms with Crippen molar-refractivity contribution in [3.63, 3.8) is 0 Å². The van der Waals surface area contributed by atoms with Crippen LogP contribution < -0.4 is 0 Å². The summed E-state index contributed by atoms with van der Waals surface area (Å²) in [6.45, 7) is 2.28. The Morgan fingerprint density at radius 3 is 2.42 bits per heavy atom. The van der Waals surface area contributed by atoms with Crippen molar-refractivity contribution in [1.82, 2.24) is 0 Å². The van der Waals surface area contributed by atoms with Gasteiger partial charge >= 0.3 is 0 Å². The van der Waals surface area contributed by atoms with Gasteiger partial charge in [0, 0.05) is 6.61 Å². The van der Waals surface area contributed by atoms with E-state index in [0.29, 0.717) is 0 Å². The van der Waals surface area contributed by atoms with Gasteiger partial charge in [-0.15, -0.1) is 0 Å². The third kappa shape index (κ3) is 2.51. The average Bonchev–Trinajstić information content (AvgIpc) is 2.05. The van der Waals surface area contributed by atoms with Crippen molar-refractivity contribution < 1.29 is 5.11 Å². The fraction of sp³-hybridized carbons (Fsp3) is 0.273. The SMILES string of the molecule is CC1=C(CCO)/C=C\C=C/C=C\1. The zero-order valence-electron chi connectivity index (χ0n) is 7.33. The molecule has 0 spiro atoms. The molecular formula is C11H14O. The standard InChI is InChI=1S/C11H14O/c1-10-6-4-2-3-5-7-11(10)8-9-12/h2-7,12H,8-9H2,1H3/b3-2-,4-2?,5-3?,6-4-,7-5-,10-6?,11-7?,11-10+. The van der Waals surface area contributed by atoms with Gasteiger partial charge in [-0.3, -0.25) is 0 Å². The molecule has 0 heterocycles. The number of aliphatic hydroxyl groups excluding tert-OH is 1. The first-order valence-corrected chi connectivity index (χ1v) is 4.16. The Labute approximate surface area is 73.4 Å². The monoisotopic (exact) mass is 162 g/mol. The third-order valence-electron chi connectivity index (χ3n) is 1.86. The maximum absolute atomic E-state index is 8.79. The number of allylic oxidation sites excluding steroid dienone is 7. The molecule has 0 aromatic rings. The number of hydrogen-bond acceptors (Lipinski definition) is 1. The van der Waals surface area contributed by atoms with Crippen LogP contribution in [0.3, 0.4) is 0 Å². The predicted molar refractivity (Wildman–Crippen MR) is 51.8 cm³/mol. The summed E-state index contributed by atoms with van der Waals surface area (Å²) in [5.41, 5.74) is 2.43. The van der Waals surface area contributed by atoms with E-state index in [9.17, 15) is 0 Å². The van der Waals surface area contributed by atoms with Gasteiger partial charge in [-0.05, 0) is 24.5 Å². The largest absolute Gasteiger partial charge is 0.396 e. The predicted octanol–water partition coefficient (Wildman–Crippen LogP) is 2.37. The molecule has 0 aliphatic heterocycles. The van der Waals surface area contributed by atoms with Gasteiger partial charge in [0.2, 0.25) is 0 Å². The second-order valence-corrected chi connectivity index (χ2v) is 2.78. The molecule has 0 bridgehead atoms. The zero-order chi connectivity index (χ0) is 8.81. The van der Waals surface area contributed by atoms with Gasteiger partial charge in [0.25, 0.3) is 0 Å². The van der Waals surface area contributed by atoms with Crippen molar-refractivity contribution in [3.8, 4) is 0 Å². The maximum atomic E-state index is 8.79. The van der Waals surface area contributed by atoms with Crippen LogP contribution in [0.15, 0.2) is 47.6 Å². The van der Waals surface area contributed by atoms with E-state index >= 15 is 0 Å². The van der Waals surface area contributed by atoms with E-state index in [1.165, 1.54) is 11.1 Å². The molecule has 1 rings (SSSR count). The van der Waals surface area contributed by atoms with Gasteiger partial charge in [0.05, 0.1) is 0 Å². The van der Waals surface area contributed by atoms with Crippen LogP contribution in [-0.2, 0) is 0 Å². The van der Waals surface area contributed by atoms with Crippen LogP contribution in [0.4, 0.5) is 0 Å². The Morgan fingerprint density at radius 1 is 1.08 bits per heavy atom. The topological polar surface area (TPSA) is 20.2 Å². The van der Waals surface area contributed by atoms with Crippen molar-refractivity contribution in [1.29, 1.82) is 0 Å². The minimum Gasteiger partial charge on any atom is -0.396 e. The van der Waals surface area contributed by atoms with Crippen LogP contribution in [0, 0.1) is 0 Å². The molecule has 12 heavy (non-hydrogen) atoms. The molecule has 1 aliphatic carbocycles. The first kappa shape index (κ1) is 9.01. The Morgan fingerprint density at radius 2 is 1.75 bits per heavy atom. The van der Waals surface area contributed by atoms with E-state index in [-0.39, 0.29) is 6.61 Å². The van der Waals surface area contributed by atoms with Crippen LogP contribution in [-0.4, -0.2) is 11.7 Å². The number of aliphatic hydroxyl groups is 1. The third-order valence-corrected chi connectivity index (χ3v) is 1.86. The number of rotatable bonds is 2. The van der Waals surface area contributed by atoms with Crippen LogP contribution >= 0.6 is 0 Å². The van der Waals surface area contributed by atoms with Crippen molar-refractivity contribution in [3.05, 3.63) is 47.6 Å². The Bertz CT molecular complexity index is 254. The van der Waals surface area contributed by atoms with E-state index in [4.69, 9.17) is 5.11 Å². The molecule has 1 N–H and O–H groups in total. The molecule has 0 unspecified atom stereocenters. The summed E-state index contributed by atoms with van der Waals surface area (Å²) >= 11 is 0. The highest BCUT2D eigenvalue weighted by atomic mass is 16.2. The lowest BCUT2D eigenvalue weighted by atomic mass is 10.0. The Kier molecular flexibility index (Phi) is 3.55. The molecule has 0 amide bonds. The molecule has 1 aliphatic rings. The van der Waals surface area contributed by atoms with E-state index < -0.39 is 0 Å². The molecule has 1 heteroatoms. The van der Waals surface area contributed by atoms with Crippen molar-refractivity contribution in [2.24, 2.45) is 0 Å². The first-order valence-electron chi connectivity index (χ1n) is 4.16. The quantitative estimate of drug-likeness (QED) is 0.661. The average molecular weight is 162 g/mol. The first-order chi connectivity index (χ1) is 5.84. The summed E-state index contributed by atoms with van der Waals surface area (Å²) in [6, 6.07) is 0. The molecule has 0 aromatic heterocycles. The van der Waals surface area contributed by atoms with Crippen LogP contribution in [0.2, 0.25) is 0 Å². The van der Waals surface area contributed by atoms with Gasteiger partial charge in [-0.25, -0.2) is 0 Å². The van der Waals surface area contributed by atoms with Crippen molar-refractivity contribution in [2.75, 3.05) is 6.61 Å². The molecule has 0 fully saturated rings. The molecule has 1 nitrogen and oxygen atoms in total. The lowest BCUT2D eigenvalue weighted by molar-refractivity contribution is 0.300. The lowest BCUT2D eigenvalue weighted by Gasteiger charge is -2.03. The van der Waals surface area contributed by atoms with Gasteiger partial charge in [0.15, 0.2) is 0 Å². The summed E-state index contributed by atoms with van der Waals surface area (Å²) in [5.74, 6) is 0. The fourth-order valence-corrected chi connectivity index (χ4v) is 1.14. The second-order valence-electron chi connectivity index (χ2n) is 2.78. The van der Waals surface area contributed by atoms with Gasteiger partial charge in [0.1, 0.15) is 0 Å². The summed E-state index contributed by atoms with van der Waals surface area (Å²) in [4.78, 5) is 0. The lowest BCUT2D eigenvalue weighted by Crippen LogP contribution is -1.89. The minimum absolute atomic E-state index is 0.217. The molecule has 0 aromatic carbocycles. The Balaban J connectivity index is 2.83. The van der Waals surface area contributed by atoms with Gasteiger partial charge in [-0.2, -0.15) is 0 Å². The van der Waals surface area contributed by atoms with Crippen molar-refractivity contribution >= 4 is 0 Å². The van der Waals surface area contributed by atoms with E-state index in [2.05, 4.69) is 13.0 Å². The molecule has 0 saturated carbocycles. The smallest absolute Gasteiger partial charge is 0.0471 e. The molecular weight excluding hydrogens is 148 g/mol. The summed E-state index contributed by atoms with van der Waals surface area (Å²) in [6.07, 6.45) is 12.8. The molecule has 0 radical (unpaired) electrons. The summed E-state index contributed by atoms with van der Waals surface area (Å²) in [5, 5.41) is 8.79. The highest BCUT2D eigenvalue weighted by Crippen LogP contribution is 2.12. The van der Waals surface area contributed by atoms with E-state index in [0.717, 1.165) is 6.42 Å². The summed E-state index contributed by atoms with van der Waals surface area (Å²) < 4.78 is 0. The minimum atomic E-state index is 0.217. The van der Waals surface area contributed by atoms with Gasteiger partial charge < -0.3 is 5.11 Å². The molecule has 0 atom stereocenters. The van der Waals surface area contributed by atoms with Crippen LogP contribution in [0.25, 0.3) is 0 Å². The van der Waals surface area contributed by atoms with Crippen LogP contribution in [0.1, 0.15) is 13.3 Å². The number of hydrogen-bond donors (Lipinski definition) is 1. The Hall–Kier alpha value is -1.08. The van der Waals surface area contributed by atoms with Crippen molar-refractivity contribution in [2.45, 2.75) is 13.3 Å². The zero-order valence-corrected chi connectivity index (χ0v) is 7.33. The maximum Gasteiger partial charge on any atom is 0.0471 e. The highest BCUT2D eigenvalue weighted by molar-refractivity contribution is 5.36. The van der Waals surface area contributed by atoms with Crippen LogP contribution in [0.5, 0.6) is 0 Å². The highest BCUT2D eigenvalue weighted by Gasteiger charge is 1.95. The molecule has 64 valence electrons. The molecule has 0 saturated heterocycles.